The summed E-state index contributed by atoms with van der Waals surface area (Å²) in [5, 5.41) is 11.6. The van der Waals surface area contributed by atoms with Gasteiger partial charge in [0.1, 0.15) is 17.5 Å². The molecule has 2 saturated heterocycles. The molecule has 2 heterocycles. The summed E-state index contributed by atoms with van der Waals surface area (Å²) in [6, 6.07) is 9.64. The first kappa shape index (κ1) is 24.7. The number of benzene rings is 2. The van der Waals surface area contributed by atoms with E-state index in [0.717, 1.165) is 6.07 Å². The van der Waals surface area contributed by atoms with Gasteiger partial charge in [-0.1, -0.05) is 32.0 Å². The van der Waals surface area contributed by atoms with Gasteiger partial charge in [0.15, 0.2) is 0 Å². The van der Waals surface area contributed by atoms with E-state index >= 15 is 0 Å². The molecule has 4 atom stereocenters. The molecular formula is C27H33F3N2O2. The van der Waals surface area contributed by atoms with Gasteiger partial charge < -0.3 is 10.0 Å². The molecule has 0 aromatic heterocycles. The van der Waals surface area contributed by atoms with Crippen LogP contribution < -0.4 is 0 Å². The molecule has 2 fully saturated rings. The zero-order chi connectivity index (χ0) is 24.8. The van der Waals surface area contributed by atoms with E-state index in [9.17, 15) is 23.1 Å². The number of amides is 1. The molecule has 2 aliphatic rings. The normalized spacial score (nSPS) is 30.2. The molecule has 0 aliphatic carbocycles. The van der Waals surface area contributed by atoms with E-state index in [1.807, 2.05) is 27.7 Å². The van der Waals surface area contributed by atoms with Crippen molar-refractivity contribution in [1.29, 1.82) is 0 Å². The maximum absolute atomic E-state index is 14.7. The summed E-state index contributed by atoms with van der Waals surface area (Å²) < 4.78 is 41.7. The summed E-state index contributed by atoms with van der Waals surface area (Å²) in [5.74, 6) is -3.10. The Balaban J connectivity index is 1.59. The monoisotopic (exact) mass is 474 g/mol. The van der Waals surface area contributed by atoms with Crippen molar-refractivity contribution < 1.29 is 23.1 Å². The van der Waals surface area contributed by atoms with Crippen LogP contribution in [-0.2, 0) is 10.4 Å². The average molecular weight is 475 g/mol. The molecule has 4 rings (SSSR count). The second kappa shape index (κ2) is 9.34. The van der Waals surface area contributed by atoms with Crippen LogP contribution in [0, 0.1) is 35.2 Å². The third-order valence-electron chi connectivity index (χ3n) is 7.87. The van der Waals surface area contributed by atoms with E-state index in [0.29, 0.717) is 37.3 Å². The third kappa shape index (κ3) is 4.36. The Bertz CT molecular complexity index is 1030. The number of halogens is 3. The average Bonchev–Trinajstić information content (AvgIpc) is 3.22. The topological polar surface area (TPSA) is 43.8 Å². The molecule has 1 N–H and O–H groups in total. The van der Waals surface area contributed by atoms with Crippen LogP contribution in [0.25, 0.3) is 0 Å². The van der Waals surface area contributed by atoms with Gasteiger partial charge >= 0.3 is 0 Å². The van der Waals surface area contributed by atoms with Gasteiger partial charge in [-0.15, -0.1) is 0 Å². The highest BCUT2D eigenvalue weighted by atomic mass is 19.1. The summed E-state index contributed by atoms with van der Waals surface area (Å²) in [6.45, 7) is 9.57. The minimum Gasteiger partial charge on any atom is -0.384 e. The van der Waals surface area contributed by atoms with Crippen LogP contribution in [-0.4, -0.2) is 53.0 Å². The smallest absolute Gasteiger partial charge is 0.227 e. The highest BCUT2D eigenvalue weighted by molar-refractivity contribution is 5.81. The summed E-state index contributed by atoms with van der Waals surface area (Å²) >= 11 is 0. The first-order valence-electron chi connectivity index (χ1n) is 12.0. The molecule has 0 bridgehead atoms. The van der Waals surface area contributed by atoms with Crippen LogP contribution in [0.5, 0.6) is 0 Å². The van der Waals surface area contributed by atoms with E-state index in [4.69, 9.17) is 0 Å². The Morgan fingerprint density at radius 2 is 1.53 bits per heavy atom. The molecule has 0 spiro atoms. The fourth-order valence-corrected chi connectivity index (χ4v) is 5.82. The zero-order valence-electron chi connectivity index (χ0n) is 20.1. The van der Waals surface area contributed by atoms with Crippen molar-refractivity contribution >= 4 is 5.91 Å². The van der Waals surface area contributed by atoms with Crippen LogP contribution in [0.4, 0.5) is 13.2 Å². The van der Waals surface area contributed by atoms with E-state index in [-0.39, 0.29) is 35.5 Å². The Labute approximate surface area is 199 Å². The van der Waals surface area contributed by atoms with Gasteiger partial charge in [0.25, 0.3) is 0 Å². The lowest BCUT2D eigenvalue weighted by atomic mass is 9.70. The number of nitrogens with zero attached hydrogens (tertiary/aromatic N) is 2. The Hall–Kier alpha value is -2.38. The third-order valence-corrected chi connectivity index (χ3v) is 7.87. The number of hydrogen-bond donors (Lipinski definition) is 1. The van der Waals surface area contributed by atoms with Crippen LogP contribution in [0.3, 0.4) is 0 Å². The fourth-order valence-electron chi connectivity index (χ4n) is 5.82. The van der Waals surface area contributed by atoms with Gasteiger partial charge in [-0.3, -0.25) is 9.69 Å². The highest BCUT2D eigenvalue weighted by Crippen LogP contribution is 2.43. The summed E-state index contributed by atoms with van der Waals surface area (Å²) in [4.78, 5) is 17.7. The number of likely N-dealkylation sites (tertiary alicyclic amines) is 2. The number of carbonyl (C=O) groups is 1. The van der Waals surface area contributed by atoms with Gasteiger partial charge in [0.05, 0.1) is 11.5 Å². The predicted octanol–water partition coefficient (Wildman–Crippen LogP) is 4.53. The molecule has 2 aromatic rings. The maximum Gasteiger partial charge on any atom is 0.227 e. The van der Waals surface area contributed by atoms with Crippen molar-refractivity contribution in [2.75, 3.05) is 26.2 Å². The van der Waals surface area contributed by atoms with Crippen LogP contribution in [0.2, 0.25) is 0 Å². The van der Waals surface area contributed by atoms with Gasteiger partial charge in [0.2, 0.25) is 5.91 Å². The number of carbonyl (C=O) groups excluding carboxylic acids is 1. The minimum atomic E-state index is -1.19. The molecule has 7 heteroatoms. The van der Waals surface area contributed by atoms with Crippen molar-refractivity contribution in [3.8, 4) is 0 Å². The Kier molecular flexibility index (Phi) is 6.80. The van der Waals surface area contributed by atoms with Crippen LogP contribution >= 0.6 is 0 Å². The lowest BCUT2D eigenvalue weighted by Crippen LogP contribution is -2.57. The van der Waals surface area contributed by atoms with Crippen LogP contribution in [0.1, 0.15) is 44.7 Å². The Morgan fingerprint density at radius 1 is 0.941 bits per heavy atom. The molecule has 2 aromatic carbocycles. The molecule has 34 heavy (non-hydrogen) atoms. The van der Waals surface area contributed by atoms with Gasteiger partial charge in [0, 0.05) is 56.0 Å². The van der Waals surface area contributed by atoms with E-state index in [2.05, 4.69) is 4.90 Å². The second-order valence-corrected chi connectivity index (χ2v) is 10.3. The maximum atomic E-state index is 14.7. The first-order valence-corrected chi connectivity index (χ1v) is 12.0. The lowest BCUT2D eigenvalue weighted by Gasteiger charge is -2.48. The molecule has 1 amide bonds. The lowest BCUT2D eigenvalue weighted by molar-refractivity contribution is -0.152. The molecule has 0 saturated carbocycles. The van der Waals surface area contributed by atoms with Gasteiger partial charge in [-0.2, -0.15) is 0 Å². The molecule has 184 valence electrons. The second-order valence-electron chi connectivity index (χ2n) is 10.3. The zero-order valence-corrected chi connectivity index (χ0v) is 20.1. The summed E-state index contributed by atoms with van der Waals surface area (Å²) in [7, 11) is 0. The van der Waals surface area contributed by atoms with Crippen molar-refractivity contribution in [2.45, 2.75) is 45.3 Å². The number of hydrogen-bond acceptors (Lipinski definition) is 3. The first-order chi connectivity index (χ1) is 16.0. The molecule has 4 nitrogen and oxygen atoms in total. The Morgan fingerprint density at radius 3 is 2.09 bits per heavy atom. The van der Waals surface area contributed by atoms with Crippen molar-refractivity contribution in [3.63, 3.8) is 0 Å². The number of rotatable bonds is 4. The highest BCUT2D eigenvalue weighted by Gasteiger charge is 2.49. The van der Waals surface area contributed by atoms with E-state index in [1.165, 1.54) is 24.3 Å². The molecule has 2 unspecified atom stereocenters. The van der Waals surface area contributed by atoms with Crippen molar-refractivity contribution in [3.05, 3.63) is 71.0 Å². The van der Waals surface area contributed by atoms with E-state index in [1.54, 1.807) is 17.0 Å². The number of piperidine rings is 1. The van der Waals surface area contributed by atoms with Crippen LogP contribution in [0.15, 0.2) is 42.5 Å². The fraction of sp³-hybridized carbons (Fsp3) is 0.519. The molecule has 2 aliphatic heterocycles. The predicted molar refractivity (Wildman–Crippen MR) is 125 cm³/mol. The van der Waals surface area contributed by atoms with E-state index < -0.39 is 23.2 Å². The molecule has 0 radical (unpaired) electrons. The standard InChI is InChI=1S/C27H33F3N2O2/c1-16(2)31-14-23(22-10-9-21(29)11-25(22)30)24(15-31)26(33)32-12-17(3)27(34,18(4)13-32)19-5-7-20(28)8-6-19/h5-11,16-18,23-24,34H,12-15H2,1-4H3/t17?,18?,23-,24+,27?/m0/s1. The number of aliphatic hydroxyl groups is 1. The van der Waals surface area contributed by atoms with Gasteiger partial charge in [-0.05, 0) is 43.2 Å². The minimum absolute atomic E-state index is 0.0725. The van der Waals surface area contributed by atoms with Crippen molar-refractivity contribution in [1.82, 2.24) is 9.80 Å². The van der Waals surface area contributed by atoms with Crippen molar-refractivity contribution in [2.24, 2.45) is 17.8 Å². The summed E-state index contributed by atoms with van der Waals surface area (Å²) in [6.07, 6.45) is 0. The summed E-state index contributed by atoms with van der Waals surface area (Å²) in [5.41, 5.74) is -0.185. The SMILES string of the molecule is CC(C)N1C[C@@H](C(=O)N2CC(C)C(O)(c3ccc(F)cc3)C(C)C2)[C@H](c2ccc(F)cc2F)C1. The van der Waals surface area contributed by atoms with Gasteiger partial charge in [-0.25, -0.2) is 13.2 Å². The molecular weight excluding hydrogens is 441 g/mol. The largest absolute Gasteiger partial charge is 0.384 e. The quantitative estimate of drug-likeness (QED) is 0.708.